The van der Waals surface area contributed by atoms with E-state index in [-0.39, 0.29) is 11.6 Å². The maximum Gasteiger partial charge on any atom is 0.189 e. The molecule has 0 aliphatic heterocycles. The largest absolute Gasteiger partial charge is 0.289 e. The summed E-state index contributed by atoms with van der Waals surface area (Å²) in [5, 5.41) is 0. The minimum atomic E-state index is -0.0561. The summed E-state index contributed by atoms with van der Waals surface area (Å²) in [5.74, 6) is -0.0600. The van der Waals surface area contributed by atoms with Crippen LogP contribution in [0.4, 0.5) is 0 Å². The van der Waals surface area contributed by atoms with Crippen LogP contribution >= 0.6 is 0 Å². The van der Waals surface area contributed by atoms with Crippen molar-refractivity contribution in [2.24, 2.45) is 0 Å². The van der Waals surface area contributed by atoms with Gasteiger partial charge in [-0.05, 0) is 52.5 Å². The lowest BCUT2D eigenvalue weighted by Crippen LogP contribution is -2.16. The summed E-state index contributed by atoms with van der Waals surface area (Å²) in [6, 6.07) is 7.06. The first-order valence-electron chi connectivity index (χ1n) is 8.16. The first-order chi connectivity index (χ1) is 11.0. The average molecular weight is 308 g/mol. The molecule has 2 rings (SSSR count). The number of carbonyl (C=O) groups excluding carboxylic acids is 2. The summed E-state index contributed by atoms with van der Waals surface area (Å²) in [7, 11) is 0. The van der Waals surface area contributed by atoms with Gasteiger partial charge in [0.05, 0.1) is 0 Å². The highest BCUT2D eigenvalue weighted by atomic mass is 16.1. The average Bonchev–Trinajstić information content (AvgIpc) is 2.52. The van der Waals surface area contributed by atoms with E-state index < -0.39 is 0 Å². The first-order valence-corrected chi connectivity index (χ1v) is 8.16. The molecule has 0 amide bonds. The molecule has 1 aromatic rings. The molecule has 1 aliphatic carbocycles. The second-order valence-electron chi connectivity index (χ2n) is 6.32. The Balaban J connectivity index is 1.95. The van der Waals surface area contributed by atoms with E-state index in [1.54, 1.807) is 24.3 Å². The van der Waals surface area contributed by atoms with Crippen LogP contribution in [-0.2, 0) is 0 Å². The third-order valence-electron chi connectivity index (χ3n) is 4.03. The first kappa shape index (κ1) is 17.1. The van der Waals surface area contributed by atoms with Crippen LogP contribution in [-0.4, -0.2) is 11.6 Å². The van der Waals surface area contributed by atoms with Gasteiger partial charge in [0.25, 0.3) is 0 Å². The third kappa shape index (κ3) is 4.62. The fraction of sp³-hybridized carbons (Fsp3) is 0.333. The Kier molecular flexibility index (Phi) is 5.86. The fourth-order valence-corrected chi connectivity index (χ4v) is 2.72. The molecule has 0 atom stereocenters. The topological polar surface area (TPSA) is 34.1 Å². The molecular weight excluding hydrogens is 284 g/mol. The van der Waals surface area contributed by atoms with Crippen LogP contribution < -0.4 is 0 Å². The third-order valence-corrected chi connectivity index (χ3v) is 4.03. The lowest BCUT2D eigenvalue weighted by molar-refractivity contribution is 0.0981. The van der Waals surface area contributed by atoms with Gasteiger partial charge in [0.2, 0.25) is 0 Å². The number of allylic oxidation sites excluding steroid dienone is 6. The van der Waals surface area contributed by atoms with Crippen LogP contribution in [0.15, 0.2) is 59.2 Å². The van der Waals surface area contributed by atoms with E-state index >= 15 is 0 Å². The summed E-state index contributed by atoms with van der Waals surface area (Å²) in [5.41, 5.74) is 4.36. The van der Waals surface area contributed by atoms with Gasteiger partial charge in [0.1, 0.15) is 0 Å². The Hall–Kier alpha value is -2.22. The molecule has 1 aromatic carbocycles. The number of ketones is 2. The zero-order valence-corrected chi connectivity index (χ0v) is 14.2. The quantitative estimate of drug-likeness (QED) is 0.653. The summed E-state index contributed by atoms with van der Waals surface area (Å²) in [6.45, 7) is 6.33. The smallest absolute Gasteiger partial charge is 0.189 e. The SMILES string of the molecule is CC(C)=CCC/C(C)=C/CCC1=CC(=O)c2ccccc2C1=O. The Labute approximate surface area is 138 Å². The number of rotatable bonds is 6. The zero-order chi connectivity index (χ0) is 16.8. The Morgan fingerprint density at radius 2 is 1.65 bits per heavy atom. The summed E-state index contributed by atoms with van der Waals surface area (Å²) < 4.78 is 0. The molecule has 120 valence electrons. The lowest BCUT2D eigenvalue weighted by Gasteiger charge is -2.14. The van der Waals surface area contributed by atoms with Crippen molar-refractivity contribution >= 4 is 11.6 Å². The van der Waals surface area contributed by atoms with Crippen LogP contribution in [0.3, 0.4) is 0 Å². The predicted octanol–water partition coefficient (Wildman–Crippen LogP) is 5.46. The van der Waals surface area contributed by atoms with Gasteiger partial charge < -0.3 is 0 Å². The second-order valence-corrected chi connectivity index (χ2v) is 6.32. The minimum absolute atomic E-state index is 0.00389. The predicted molar refractivity (Wildman–Crippen MR) is 94.8 cm³/mol. The van der Waals surface area contributed by atoms with E-state index in [2.05, 4.69) is 32.9 Å². The van der Waals surface area contributed by atoms with Crippen LogP contribution in [0.25, 0.3) is 0 Å². The maximum atomic E-state index is 12.4. The molecule has 2 heteroatoms. The molecule has 0 bridgehead atoms. The number of benzene rings is 1. The Morgan fingerprint density at radius 1 is 0.957 bits per heavy atom. The van der Waals surface area contributed by atoms with E-state index in [1.807, 2.05) is 0 Å². The van der Waals surface area contributed by atoms with Crippen molar-refractivity contribution < 1.29 is 9.59 Å². The molecule has 0 N–H and O–H groups in total. The van der Waals surface area contributed by atoms with Crippen LogP contribution in [0.2, 0.25) is 0 Å². The van der Waals surface area contributed by atoms with E-state index in [9.17, 15) is 9.59 Å². The number of fused-ring (bicyclic) bond motifs is 1. The van der Waals surface area contributed by atoms with Gasteiger partial charge in [0.15, 0.2) is 11.6 Å². The molecule has 1 aliphatic rings. The van der Waals surface area contributed by atoms with Crippen molar-refractivity contribution in [2.75, 3.05) is 0 Å². The standard InChI is InChI=1S/C21H24O2/c1-15(2)8-6-9-16(3)10-7-11-17-14-20(22)18-12-4-5-13-19(18)21(17)23/h4-5,8,10,12-14H,6-7,9,11H2,1-3H3/b16-10+. The summed E-state index contributed by atoms with van der Waals surface area (Å²) in [4.78, 5) is 24.5. The van der Waals surface area contributed by atoms with E-state index in [4.69, 9.17) is 0 Å². The van der Waals surface area contributed by atoms with Gasteiger partial charge in [-0.3, -0.25) is 9.59 Å². The minimum Gasteiger partial charge on any atom is -0.289 e. The van der Waals surface area contributed by atoms with Gasteiger partial charge in [-0.2, -0.15) is 0 Å². The van der Waals surface area contributed by atoms with Gasteiger partial charge >= 0.3 is 0 Å². The second kappa shape index (κ2) is 7.87. The highest BCUT2D eigenvalue weighted by Crippen LogP contribution is 2.24. The number of hydrogen-bond donors (Lipinski definition) is 0. The number of hydrogen-bond acceptors (Lipinski definition) is 2. The van der Waals surface area contributed by atoms with Gasteiger partial charge in [-0.25, -0.2) is 0 Å². The summed E-state index contributed by atoms with van der Waals surface area (Å²) >= 11 is 0. The van der Waals surface area contributed by atoms with Crippen molar-refractivity contribution in [3.8, 4) is 0 Å². The van der Waals surface area contributed by atoms with E-state index in [1.165, 1.54) is 17.2 Å². The Morgan fingerprint density at radius 3 is 2.35 bits per heavy atom. The van der Waals surface area contributed by atoms with Gasteiger partial charge in [0, 0.05) is 16.7 Å². The molecule has 0 radical (unpaired) electrons. The van der Waals surface area contributed by atoms with E-state index in [0.717, 1.165) is 19.3 Å². The molecule has 0 unspecified atom stereocenters. The van der Waals surface area contributed by atoms with Crippen LogP contribution in [0.1, 0.15) is 67.2 Å². The molecule has 23 heavy (non-hydrogen) atoms. The Bertz CT molecular complexity index is 698. The van der Waals surface area contributed by atoms with Gasteiger partial charge in [-0.15, -0.1) is 0 Å². The zero-order valence-electron chi connectivity index (χ0n) is 14.2. The van der Waals surface area contributed by atoms with Crippen molar-refractivity contribution in [3.63, 3.8) is 0 Å². The maximum absolute atomic E-state index is 12.4. The van der Waals surface area contributed by atoms with Crippen LogP contribution in [0.5, 0.6) is 0 Å². The van der Waals surface area contributed by atoms with Crippen molar-refractivity contribution in [1.82, 2.24) is 0 Å². The molecule has 0 saturated heterocycles. The molecule has 0 spiro atoms. The number of Topliss-reactive ketones (excluding diaryl/α,β-unsaturated/α-hetero) is 1. The molecule has 2 nitrogen and oxygen atoms in total. The molecule has 0 saturated carbocycles. The number of carbonyl (C=O) groups is 2. The molecular formula is C21H24O2. The van der Waals surface area contributed by atoms with Crippen LogP contribution in [0, 0.1) is 0 Å². The van der Waals surface area contributed by atoms with Crippen molar-refractivity contribution in [2.45, 2.75) is 46.5 Å². The highest BCUT2D eigenvalue weighted by Gasteiger charge is 2.24. The van der Waals surface area contributed by atoms with Crippen molar-refractivity contribution in [1.29, 1.82) is 0 Å². The fourth-order valence-electron chi connectivity index (χ4n) is 2.72. The monoisotopic (exact) mass is 308 g/mol. The molecule has 0 aromatic heterocycles. The normalized spacial score (nSPS) is 14.4. The van der Waals surface area contributed by atoms with E-state index in [0.29, 0.717) is 23.1 Å². The molecule has 0 fully saturated rings. The highest BCUT2D eigenvalue weighted by molar-refractivity contribution is 6.24. The van der Waals surface area contributed by atoms with Crippen molar-refractivity contribution in [3.05, 3.63) is 70.3 Å². The van der Waals surface area contributed by atoms with Gasteiger partial charge in [-0.1, -0.05) is 47.6 Å². The lowest BCUT2D eigenvalue weighted by atomic mass is 9.87. The molecule has 0 heterocycles. The summed E-state index contributed by atoms with van der Waals surface area (Å²) in [6.07, 6.45) is 9.44.